The van der Waals surface area contributed by atoms with E-state index in [0.717, 1.165) is 12.8 Å². The Kier molecular flexibility index (Phi) is 5.70. The van der Waals surface area contributed by atoms with Crippen LogP contribution in [-0.4, -0.2) is 20.8 Å². The smallest absolute Gasteiger partial charge is 0.137 e. The van der Waals surface area contributed by atoms with Gasteiger partial charge in [-0.2, -0.15) is 0 Å². The van der Waals surface area contributed by atoms with Crippen LogP contribution in [-0.2, 0) is 4.74 Å². The molecule has 0 aliphatic heterocycles. The van der Waals surface area contributed by atoms with Crippen LogP contribution in [0.25, 0.3) is 0 Å². The summed E-state index contributed by atoms with van der Waals surface area (Å²) in [5, 5.41) is 0.327. The fourth-order valence-electron chi connectivity index (χ4n) is 1.57. The molecule has 0 fully saturated rings. The van der Waals surface area contributed by atoms with Gasteiger partial charge >= 0.3 is 0 Å². The minimum atomic E-state index is -1.47. The van der Waals surface area contributed by atoms with Crippen molar-refractivity contribution in [3.8, 4) is 11.5 Å². The Morgan fingerprint density at radius 3 is 2.67 bits per heavy atom. The summed E-state index contributed by atoms with van der Waals surface area (Å²) in [6.45, 7) is 12.1. The number of hydrogen-bond acceptors (Lipinski definition) is 1. The van der Waals surface area contributed by atoms with Gasteiger partial charge in [-0.1, -0.05) is 55.7 Å². The quantitative estimate of drug-likeness (QED) is 0.518. The molecule has 102 valence electrons. The van der Waals surface area contributed by atoms with Crippen molar-refractivity contribution in [2.75, 3.05) is 6.61 Å². The molecule has 0 amide bonds. The fraction of sp³-hybridized carbons (Fsp3) is 0.733. The number of allylic oxidation sites excluding steroid dienone is 1. The molecular weight excluding hydrogens is 304 g/mol. The summed E-state index contributed by atoms with van der Waals surface area (Å²) in [5.41, 5.74) is 3.48. The highest BCUT2D eigenvalue weighted by Gasteiger charge is 2.33. The van der Waals surface area contributed by atoms with Crippen molar-refractivity contribution < 1.29 is 4.74 Å². The van der Waals surface area contributed by atoms with Crippen LogP contribution < -0.4 is 0 Å². The number of hydrogen-bond donors (Lipinski definition) is 0. The highest BCUT2D eigenvalue weighted by Crippen LogP contribution is 2.35. The predicted octanol–water partition coefficient (Wildman–Crippen LogP) is 4.89. The first kappa shape index (κ1) is 16.0. The minimum Gasteiger partial charge on any atom is -0.361 e. The second kappa shape index (κ2) is 6.41. The van der Waals surface area contributed by atoms with E-state index >= 15 is 0 Å². The molecule has 0 saturated carbocycles. The molecule has 1 atom stereocenters. The van der Waals surface area contributed by atoms with E-state index < -0.39 is 8.07 Å². The average molecular weight is 329 g/mol. The molecule has 0 radical (unpaired) electrons. The SMILES string of the molecule is CC(C)(C)[Si](C)(C)C#CCOC1C=C(Br)CCC1. The first-order valence-electron chi connectivity index (χ1n) is 6.70. The van der Waals surface area contributed by atoms with E-state index in [1.807, 2.05) is 0 Å². The Labute approximate surface area is 122 Å². The first-order valence-corrected chi connectivity index (χ1v) is 10.5. The van der Waals surface area contributed by atoms with E-state index in [1.54, 1.807) is 0 Å². The molecule has 0 bridgehead atoms. The largest absolute Gasteiger partial charge is 0.361 e. The molecular formula is C15H25BrOSi. The van der Waals surface area contributed by atoms with Crippen LogP contribution >= 0.6 is 15.9 Å². The van der Waals surface area contributed by atoms with Gasteiger partial charge in [-0.05, 0) is 34.9 Å². The van der Waals surface area contributed by atoms with Gasteiger partial charge < -0.3 is 4.74 Å². The van der Waals surface area contributed by atoms with E-state index in [-0.39, 0.29) is 6.10 Å². The van der Waals surface area contributed by atoms with Crippen molar-refractivity contribution in [1.82, 2.24) is 0 Å². The van der Waals surface area contributed by atoms with Crippen molar-refractivity contribution >= 4 is 24.0 Å². The van der Waals surface area contributed by atoms with Crippen molar-refractivity contribution in [2.24, 2.45) is 0 Å². The van der Waals surface area contributed by atoms with E-state index in [1.165, 1.54) is 10.9 Å². The van der Waals surface area contributed by atoms with Gasteiger partial charge in [-0.25, -0.2) is 0 Å². The third kappa shape index (κ3) is 4.91. The molecule has 1 aliphatic carbocycles. The van der Waals surface area contributed by atoms with Crippen LogP contribution in [0, 0.1) is 11.5 Å². The molecule has 18 heavy (non-hydrogen) atoms. The van der Waals surface area contributed by atoms with Gasteiger partial charge in [0.1, 0.15) is 14.7 Å². The Morgan fingerprint density at radius 1 is 1.44 bits per heavy atom. The highest BCUT2D eigenvalue weighted by molar-refractivity contribution is 9.11. The van der Waals surface area contributed by atoms with Gasteiger partial charge in [0.15, 0.2) is 0 Å². The van der Waals surface area contributed by atoms with Gasteiger partial charge in [-0.15, -0.1) is 5.54 Å². The molecule has 0 N–H and O–H groups in total. The first-order chi connectivity index (χ1) is 8.22. The zero-order valence-corrected chi connectivity index (χ0v) is 14.9. The molecule has 3 heteroatoms. The lowest BCUT2D eigenvalue weighted by atomic mass is 10.1. The molecule has 0 aromatic heterocycles. The van der Waals surface area contributed by atoms with Gasteiger partial charge in [0.05, 0.1) is 6.10 Å². The van der Waals surface area contributed by atoms with Crippen LogP contribution in [0.15, 0.2) is 10.6 Å². The van der Waals surface area contributed by atoms with Crippen LogP contribution in [0.2, 0.25) is 18.1 Å². The maximum Gasteiger partial charge on any atom is 0.137 e. The predicted molar refractivity (Wildman–Crippen MR) is 85.6 cm³/mol. The molecule has 0 aromatic carbocycles. The molecule has 0 aromatic rings. The molecule has 0 heterocycles. The zero-order chi connectivity index (χ0) is 13.8. The molecule has 0 spiro atoms. The molecule has 0 saturated heterocycles. The molecule has 1 rings (SSSR count). The Balaban J connectivity index is 2.45. The summed E-state index contributed by atoms with van der Waals surface area (Å²) >= 11 is 3.55. The third-order valence-corrected chi connectivity index (χ3v) is 9.13. The summed E-state index contributed by atoms with van der Waals surface area (Å²) in [6, 6.07) is 0. The summed E-state index contributed by atoms with van der Waals surface area (Å²) < 4.78 is 7.08. The minimum absolute atomic E-state index is 0.252. The summed E-state index contributed by atoms with van der Waals surface area (Å²) in [6.07, 6.45) is 5.91. The second-order valence-electron chi connectivity index (χ2n) is 6.53. The molecule has 1 nitrogen and oxygen atoms in total. The van der Waals surface area contributed by atoms with E-state index in [0.29, 0.717) is 11.6 Å². The zero-order valence-electron chi connectivity index (χ0n) is 12.3. The fourth-order valence-corrected chi connectivity index (χ4v) is 3.03. The Morgan fingerprint density at radius 2 is 2.11 bits per heavy atom. The number of rotatable bonds is 2. The highest BCUT2D eigenvalue weighted by atomic mass is 79.9. The Bertz CT molecular complexity index is 368. The lowest BCUT2D eigenvalue weighted by Crippen LogP contribution is -2.35. The van der Waals surface area contributed by atoms with Crippen LogP contribution in [0.3, 0.4) is 0 Å². The summed E-state index contributed by atoms with van der Waals surface area (Å²) in [5.74, 6) is 3.24. The van der Waals surface area contributed by atoms with Crippen molar-refractivity contribution in [3.05, 3.63) is 10.6 Å². The summed E-state index contributed by atoms with van der Waals surface area (Å²) in [7, 11) is -1.47. The lowest BCUT2D eigenvalue weighted by Gasteiger charge is -2.31. The van der Waals surface area contributed by atoms with Gasteiger partial charge in [-0.3, -0.25) is 0 Å². The monoisotopic (exact) mass is 328 g/mol. The van der Waals surface area contributed by atoms with Crippen molar-refractivity contribution in [3.63, 3.8) is 0 Å². The second-order valence-corrected chi connectivity index (χ2v) is 12.6. The van der Waals surface area contributed by atoms with Gasteiger partial charge in [0.2, 0.25) is 0 Å². The normalized spacial score (nSPS) is 21.0. The standard InChI is InChI=1S/C15H25BrOSi/c1-15(2,3)18(4,5)11-7-10-17-14-9-6-8-13(16)12-14/h12,14H,6,8-10H2,1-5H3. The Hall–Kier alpha value is -0.0431. The maximum absolute atomic E-state index is 5.80. The van der Waals surface area contributed by atoms with Crippen molar-refractivity contribution in [1.29, 1.82) is 0 Å². The third-order valence-electron chi connectivity index (χ3n) is 3.92. The van der Waals surface area contributed by atoms with E-state index in [9.17, 15) is 0 Å². The molecule has 1 unspecified atom stereocenters. The number of ether oxygens (including phenoxy) is 1. The topological polar surface area (TPSA) is 9.23 Å². The van der Waals surface area contributed by atoms with Gasteiger partial charge in [0, 0.05) is 0 Å². The van der Waals surface area contributed by atoms with Crippen molar-refractivity contribution in [2.45, 2.75) is 64.3 Å². The molecule has 1 aliphatic rings. The van der Waals surface area contributed by atoms with Crippen LogP contribution in [0.1, 0.15) is 40.0 Å². The number of halogens is 1. The van der Waals surface area contributed by atoms with E-state index in [4.69, 9.17) is 4.74 Å². The maximum atomic E-state index is 5.80. The average Bonchev–Trinajstić information content (AvgIpc) is 2.23. The van der Waals surface area contributed by atoms with Gasteiger partial charge in [0.25, 0.3) is 0 Å². The summed E-state index contributed by atoms with van der Waals surface area (Å²) in [4.78, 5) is 0. The van der Waals surface area contributed by atoms with E-state index in [2.05, 4.69) is 67.3 Å². The lowest BCUT2D eigenvalue weighted by molar-refractivity contribution is 0.102. The van der Waals surface area contributed by atoms with Crippen LogP contribution in [0.4, 0.5) is 0 Å². The van der Waals surface area contributed by atoms with Crippen LogP contribution in [0.5, 0.6) is 0 Å².